The number of ether oxygens (including phenoxy) is 3. The van der Waals surface area contributed by atoms with Gasteiger partial charge in [0.15, 0.2) is 23.3 Å². The van der Waals surface area contributed by atoms with E-state index in [0.29, 0.717) is 40.1 Å². The molecule has 1 amide bonds. The van der Waals surface area contributed by atoms with Crippen molar-refractivity contribution in [1.82, 2.24) is 4.90 Å². The van der Waals surface area contributed by atoms with Crippen molar-refractivity contribution >= 4 is 57.7 Å². The summed E-state index contributed by atoms with van der Waals surface area (Å²) in [4.78, 5) is 31.9. The number of halogens is 2. The second kappa shape index (κ2) is 11.9. The maximum absolute atomic E-state index is 12.9. The van der Waals surface area contributed by atoms with Gasteiger partial charge in [-0.25, -0.2) is 9.79 Å². The van der Waals surface area contributed by atoms with Crippen LogP contribution < -0.4 is 14.8 Å². The molecule has 0 bridgehead atoms. The Labute approximate surface area is 229 Å². The third-order valence-corrected chi connectivity index (χ3v) is 7.07. The molecule has 0 fully saturated rings. The van der Waals surface area contributed by atoms with E-state index >= 15 is 0 Å². The molecule has 2 aromatic carbocycles. The molecule has 0 aromatic heterocycles. The number of carbonyl (C=O) groups excluding carboxylic acids is 2. The van der Waals surface area contributed by atoms with Crippen LogP contribution in [0.5, 0.6) is 11.5 Å². The highest BCUT2D eigenvalue weighted by atomic mass is 35.5. The number of thioether (sulfide) groups is 1. The molecule has 0 radical (unpaired) electrons. The smallest absolute Gasteiger partial charge is 0.338 e. The van der Waals surface area contributed by atoms with Crippen molar-refractivity contribution in [3.05, 3.63) is 74.9 Å². The van der Waals surface area contributed by atoms with Gasteiger partial charge >= 0.3 is 5.97 Å². The molecule has 1 atom stereocenters. The molecule has 2 aliphatic rings. The van der Waals surface area contributed by atoms with Gasteiger partial charge in [0, 0.05) is 6.20 Å². The lowest BCUT2D eigenvalue weighted by atomic mass is 9.94. The van der Waals surface area contributed by atoms with E-state index in [9.17, 15) is 9.59 Å². The number of aliphatic imine (C=N–C) groups is 1. The van der Waals surface area contributed by atoms with E-state index in [1.54, 1.807) is 38.1 Å². The molecule has 0 spiro atoms. The second-order valence-electron chi connectivity index (χ2n) is 7.90. The summed E-state index contributed by atoms with van der Waals surface area (Å²) in [5.74, 6) is -0.0133. The monoisotopic (exact) mass is 561 g/mol. The number of anilines is 1. The highest BCUT2D eigenvalue weighted by molar-refractivity contribution is 8.16. The van der Waals surface area contributed by atoms with Crippen molar-refractivity contribution in [3.63, 3.8) is 0 Å². The Morgan fingerprint density at radius 3 is 2.68 bits per heavy atom. The maximum Gasteiger partial charge on any atom is 0.338 e. The molecule has 1 N–H and O–H groups in total. The first-order chi connectivity index (χ1) is 17.8. The lowest BCUT2D eigenvalue weighted by Gasteiger charge is -2.33. The number of carbonyl (C=O) groups is 2. The fourth-order valence-corrected chi connectivity index (χ4v) is 5.05. The van der Waals surface area contributed by atoms with Gasteiger partial charge < -0.3 is 24.4 Å². The minimum atomic E-state index is -0.459. The van der Waals surface area contributed by atoms with Gasteiger partial charge in [-0.1, -0.05) is 47.1 Å². The zero-order valence-corrected chi connectivity index (χ0v) is 22.7. The molecule has 2 heterocycles. The van der Waals surface area contributed by atoms with Crippen molar-refractivity contribution in [2.45, 2.75) is 26.8 Å². The third-order valence-electron chi connectivity index (χ3n) is 5.48. The van der Waals surface area contributed by atoms with Gasteiger partial charge in [0.2, 0.25) is 0 Å². The molecule has 2 aromatic rings. The molecular weight excluding hydrogens is 537 g/mol. The number of esters is 1. The summed E-state index contributed by atoms with van der Waals surface area (Å²) in [7, 11) is 0. The zero-order chi connectivity index (χ0) is 26.5. The molecule has 0 saturated carbocycles. The number of benzene rings is 2. The topological polar surface area (TPSA) is 89.5 Å². The van der Waals surface area contributed by atoms with Crippen LogP contribution in [-0.2, 0) is 14.3 Å². The van der Waals surface area contributed by atoms with Crippen molar-refractivity contribution < 1.29 is 23.8 Å². The lowest BCUT2D eigenvalue weighted by molar-refractivity contribution is -0.139. The van der Waals surface area contributed by atoms with Gasteiger partial charge in [-0.15, -0.1) is 0 Å². The van der Waals surface area contributed by atoms with Crippen LogP contribution >= 0.6 is 35.0 Å². The molecule has 0 aliphatic carbocycles. The van der Waals surface area contributed by atoms with Crippen LogP contribution in [0.3, 0.4) is 0 Å². The Hall–Kier alpha value is -3.14. The Kier molecular flexibility index (Phi) is 8.68. The van der Waals surface area contributed by atoms with Gasteiger partial charge in [0.05, 0.1) is 46.3 Å². The summed E-state index contributed by atoms with van der Waals surface area (Å²) in [6.07, 6.45) is 1.88. The first kappa shape index (κ1) is 26.9. The van der Waals surface area contributed by atoms with E-state index in [2.05, 4.69) is 10.3 Å². The molecule has 2 aliphatic heterocycles. The number of rotatable bonds is 9. The molecule has 37 heavy (non-hydrogen) atoms. The number of amides is 1. The molecule has 0 unspecified atom stereocenters. The van der Waals surface area contributed by atoms with Crippen molar-refractivity contribution in [2.75, 3.05) is 25.1 Å². The number of allylic oxidation sites excluding steroid dienone is 1. The normalized spacial score (nSPS) is 16.3. The van der Waals surface area contributed by atoms with Crippen LogP contribution in [0.1, 0.15) is 32.4 Å². The minimum absolute atomic E-state index is 0.252. The number of hydrogen-bond donors (Lipinski definition) is 1. The molecule has 194 valence electrons. The largest absolute Gasteiger partial charge is 0.490 e. The summed E-state index contributed by atoms with van der Waals surface area (Å²) >= 11 is 13.6. The highest BCUT2D eigenvalue weighted by Crippen LogP contribution is 2.43. The Morgan fingerprint density at radius 1 is 1.11 bits per heavy atom. The Bertz CT molecular complexity index is 1310. The molecule has 8 nitrogen and oxygen atoms in total. The standard InChI is InChI=1S/C26H25Cl2N3O5S/c1-4-34-20-13-16(24-22(25(33)35-5-2)15(3)29-26-31(24)11-12-37-26)9-10-19(20)36-14-21(32)30-18-8-6-7-17(27)23(18)28/h6-13,24H,4-5,14H2,1-3H3,(H,30,32)/t24-/m1/s1. The summed E-state index contributed by atoms with van der Waals surface area (Å²) < 4.78 is 17.0. The van der Waals surface area contributed by atoms with Crippen LogP contribution in [0.2, 0.25) is 10.0 Å². The van der Waals surface area contributed by atoms with E-state index in [1.807, 2.05) is 35.6 Å². The summed E-state index contributed by atoms with van der Waals surface area (Å²) in [5.41, 5.74) is 2.23. The average Bonchev–Trinajstić information content (AvgIpc) is 3.33. The van der Waals surface area contributed by atoms with Crippen molar-refractivity contribution in [1.29, 1.82) is 0 Å². The first-order valence-electron chi connectivity index (χ1n) is 11.6. The number of nitrogens with one attached hydrogen (secondary N) is 1. The minimum Gasteiger partial charge on any atom is -0.490 e. The van der Waals surface area contributed by atoms with E-state index in [1.165, 1.54) is 11.8 Å². The molecular formula is C26H25Cl2N3O5S. The number of fused-ring (bicyclic) bond motifs is 1. The lowest BCUT2D eigenvalue weighted by Crippen LogP contribution is -2.34. The van der Waals surface area contributed by atoms with E-state index in [-0.39, 0.29) is 18.2 Å². The van der Waals surface area contributed by atoms with Gasteiger partial charge in [0.25, 0.3) is 5.91 Å². The SMILES string of the molecule is CCOC(=O)C1=C(C)N=C2SC=CN2[C@@H]1c1ccc(OCC(=O)Nc2cccc(Cl)c2Cl)c(OCC)c1. The first-order valence-corrected chi connectivity index (χ1v) is 13.2. The number of amidine groups is 1. The fraction of sp³-hybridized carbons (Fsp3) is 0.269. The summed E-state index contributed by atoms with van der Waals surface area (Å²) in [5, 5.41) is 5.96. The predicted molar refractivity (Wildman–Crippen MR) is 146 cm³/mol. The molecule has 11 heteroatoms. The molecule has 4 rings (SSSR count). The predicted octanol–water partition coefficient (Wildman–Crippen LogP) is 6.18. The van der Waals surface area contributed by atoms with Crippen molar-refractivity contribution in [3.8, 4) is 11.5 Å². The van der Waals surface area contributed by atoms with Crippen LogP contribution in [-0.4, -0.2) is 41.8 Å². The maximum atomic E-state index is 12.9. The Morgan fingerprint density at radius 2 is 1.92 bits per heavy atom. The Balaban J connectivity index is 1.58. The van der Waals surface area contributed by atoms with E-state index in [4.69, 9.17) is 37.4 Å². The number of hydrogen-bond acceptors (Lipinski definition) is 8. The van der Waals surface area contributed by atoms with Gasteiger partial charge in [0.1, 0.15) is 0 Å². The van der Waals surface area contributed by atoms with E-state index in [0.717, 1.165) is 10.7 Å². The van der Waals surface area contributed by atoms with Gasteiger partial charge in [-0.3, -0.25) is 4.79 Å². The van der Waals surface area contributed by atoms with Crippen LogP contribution in [0.15, 0.2) is 64.3 Å². The third kappa shape index (κ3) is 5.89. The quantitative estimate of drug-likeness (QED) is 0.365. The van der Waals surface area contributed by atoms with Crippen LogP contribution in [0, 0.1) is 0 Å². The highest BCUT2D eigenvalue weighted by Gasteiger charge is 2.37. The summed E-state index contributed by atoms with van der Waals surface area (Å²) in [6.45, 7) is 5.77. The van der Waals surface area contributed by atoms with Gasteiger partial charge in [-0.2, -0.15) is 0 Å². The second-order valence-corrected chi connectivity index (χ2v) is 9.56. The zero-order valence-electron chi connectivity index (χ0n) is 20.4. The van der Waals surface area contributed by atoms with Crippen molar-refractivity contribution in [2.24, 2.45) is 4.99 Å². The van der Waals surface area contributed by atoms with Crippen LogP contribution in [0.4, 0.5) is 5.69 Å². The summed E-state index contributed by atoms with van der Waals surface area (Å²) in [6, 6.07) is 9.87. The van der Waals surface area contributed by atoms with E-state index < -0.39 is 17.9 Å². The average molecular weight is 562 g/mol. The number of nitrogens with zero attached hydrogens (tertiary/aromatic N) is 2. The fourth-order valence-electron chi connectivity index (χ4n) is 3.91. The van der Waals surface area contributed by atoms with Gasteiger partial charge in [-0.05, 0) is 56.0 Å². The molecule has 0 saturated heterocycles. The van der Waals surface area contributed by atoms with Crippen LogP contribution in [0.25, 0.3) is 0 Å².